The number of aromatic nitrogens is 1. The number of ether oxygens (including phenoxy) is 2. The van der Waals surface area contributed by atoms with E-state index in [4.69, 9.17) is 14.5 Å². The van der Waals surface area contributed by atoms with Gasteiger partial charge in [0.15, 0.2) is 16.3 Å². The second-order valence-electron chi connectivity index (χ2n) is 11.5. The van der Waals surface area contributed by atoms with E-state index in [1.165, 1.54) is 38.8 Å². The molecule has 2 heterocycles. The van der Waals surface area contributed by atoms with Gasteiger partial charge in [0, 0.05) is 5.56 Å². The highest BCUT2D eigenvalue weighted by molar-refractivity contribution is 14.1. The summed E-state index contributed by atoms with van der Waals surface area (Å²) in [5.41, 5.74) is 7.73. The van der Waals surface area contributed by atoms with Gasteiger partial charge in [0.2, 0.25) is 0 Å². The molecule has 5 nitrogen and oxygen atoms in total. The molecule has 7 heteroatoms. The van der Waals surface area contributed by atoms with Gasteiger partial charge in [-0.05, 0) is 92.2 Å². The van der Waals surface area contributed by atoms with Crippen LogP contribution < -0.4 is 24.4 Å². The van der Waals surface area contributed by atoms with Crippen molar-refractivity contribution in [3.63, 3.8) is 0 Å². The lowest BCUT2D eigenvalue weighted by molar-refractivity contribution is 0.283. The lowest BCUT2D eigenvalue weighted by atomic mass is 9.83. The lowest BCUT2D eigenvalue weighted by Crippen LogP contribution is -2.38. The molecule has 0 saturated carbocycles. The number of fused-ring (bicyclic) bond motifs is 4. The highest BCUT2D eigenvalue weighted by Crippen LogP contribution is 2.41. The van der Waals surface area contributed by atoms with Crippen molar-refractivity contribution in [1.82, 2.24) is 4.57 Å². The van der Waals surface area contributed by atoms with Crippen LogP contribution in [0.15, 0.2) is 125 Å². The quantitative estimate of drug-likeness (QED) is 0.165. The van der Waals surface area contributed by atoms with Crippen LogP contribution >= 0.6 is 33.9 Å². The number of rotatable bonds is 6. The van der Waals surface area contributed by atoms with Gasteiger partial charge in [-0.25, -0.2) is 4.99 Å². The van der Waals surface area contributed by atoms with E-state index in [1.807, 2.05) is 53.1 Å². The molecule has 0 radical (unpaired) electrons. The van der Waals surface area contributed by atoms with E-state index in [1.54, 1.807) is 7.11 Å². The average Bonchev–Trinajstić information content (AvgIpc) is 3.40. The molecule has 1 aliphatic heterocycles. The Morgan fingerprint density at radius 3 is 2.59 bits per heavy atom. The second-order valence-corrected chi connectivity index (χ2v) is 13.7. The normalized spacial score (nSPS) is 15.6. The molecule has 1 atom stereocenters. The van der Waals surface area contributed by atoms with Crippen LogP contribution in [0.2, 0.25) is 0 Å². The predicted octanol–water partition coefficient (Wildman–Crippen LogP) is 7.66. The molecule has 0 N–H and O–H groups in total. The van der Waals surface area contributed by atoms with Crippen molar-refractivity contribution in [3.8, 4) is 11.5 Å². The summed E-state index contributed by atoms with van der Waals surface area (Å²) >= 11 is 3.72. The fourth-order valence-corrected chi connectivity index (χ4v) is 8.42. The van der Waals surface area contributed by atoms with Gasteiger partial charge in [-0.15, -0.1) is 0 Å². The number of allylic oxidation sites excluding steroid dienone is 1. The zero-order valence-electron chi connectivity index (χ0n) is 25.1. The Labute approximate surface area is 283 Å². The summed E-state index contributed by atoms with van der Waals surface area (Å²) in [4.78, 5) is 20.1. The SMILES string of the molecule is COc1cc(/C=c2\sc3n(c2=O)[C@H](c2ccccc2)C2=C(N=3)c3ccccc3CC2)cc(I)c1OCc1cccc2ccccc12. The summed E-state index contributed by atoms with van der Waals surface area (Å²) in [6, 6.07) is 37.2. The standard InChI is InChI=1S/C39H29IN2O3S/c1-44-33-21-24(20-32(40)37(33)45-23-28-15-9-14-25-10-5-7-16-29(25)28)22-34-38(43)42-36(27-12-3-2-4-13-27)31-19-18-26-11-6-8-17-30(26)35(31)41-39(42)46-34/h2-17,20-22,36H,18-19,23H2,1H3/b34-22-/t36-/m1/s1. The maximum atomic E-state index is 14.2. The maximum Gasteiger partial charge on any atom is 0.271 e. The van der Waals surface area contributed by atoms with E-state index in [0.717, 1.165) is 43.6 Å². The third-order valence-electron chi connectivity index (χ3n) is 8.79. The molecule has 1 aromatic heterocycles. The first kappa shape index (κ1) is 29.0. The molecule has 1 aliphatic carbocycles. The molecule has 0 bridgehead atoms. The smallest absolute Gasteiger partial charge is 0.271 e. The Morgan fingerprint density at radius 2 is 1.72 bits per heavy atom. The van der Waals surface area contributed by atoms with Crippen LogP contribution in [-0.4, -0.2) is 11.7 Å². The largest absolute Gasteiger partial charge is 0.493 e. The first-order chi connectivity index (χ1) is 22.6. The van der Waals surface area contributed by atoms with Crippen molar-refractivity contribution < 1.29 is 9.47 Å². The molecule has 0 fully saturated rings. The molecular weight excluding hydrogens is 703 g/mol. The highest BCUT2D eigenvalue weighted by atomic mass is 127. The van der Waals surface area contributed by atoms with E-state index in [-0.39, 0.29) is 11.6 Å². The predicted molar refractivity (Wildman–Crippen MR) is 193 cm³/mol. The molecule has 5 aromatic carbocycles. The molecular formula is C39H29IN2O3S. The first-order valence-electron chi connectivity index (χ1n) is 15.2. The van der Waals surface area contributed by atoms with Crippen LogP contribution in [0, 0.1) is 3.57 Å². The van der Waals surface area contributed by atoms with Crippen LogP contribution in [0.3, 0.4) is 0 Å². The Balaban J connectivity index is 1.20. The van der Waals surface area contributed by atoms with E-state index >= 15 is 0 Å². The maximum absolute atomic E-state index is 14.2. The summed E-state index contributed by atoms with van der Waals surface area (Å²) in [5.74, 6) is 1.31. The molecule has 226 valence electrons. The minimum absolute atomic E-state index is 0.0340. The van der Waals surface area contributed by atoms with Gasteiger partial charge in [0.05, 0.1) is 27.0 Å². The molecule has 0 amide bonds. The fourth-order valence-electron chi connectivity index (χ4n) is 6.64. The number of benzene rings is 5. The number of thiazole rings is 1. The van der Waals surface area contributed by atoms with Crippen LogP contribution in [0.5, 0.6) is 11.5 Å². The van der Waals surface area contributed by atoms with Crippen LogP contribution in [0.4, 0.5) is 0 Å². The number of aryl methyl sites for hydroxylation is 1. The zero-order chi connectivity index (χ0) is 31.2. The van der Waals surface area contributed by atoms with Gasteiger partial charge in [-0.2, -0.15) is 0 Å². The van der Waals surface area contributed by atoms with Gasteiger partial charge >= 0.3 is 0 Å². The monoisotopic (exact) mass is 732 g/mol. The van der Waals surface area contributed by atoms with E-state index < -0.39 is 0 Å². The Morgan fingerprint density at radius 1 is 0.935 bits per heavy atom. The highest BCUT2D eigenvalue weighted by Gasteiger charge is 2.32. The molecule has 46 heavy (non-hydrogen) atoms. The van der Waals surface area contributed by atoms with Crippen LogP contribution in [0.1, 0.15) is 40.3 Å². The number of hydrogen-bond donors (Lipinski definition) is 0. The van der Waals surface area contributed by atoms with E-state index in [9.17, 15) is 4.79 Å². The van der Waals surface area contributed by atoms with Crippen LogP contribution in [-0.2, 0) is 13.0 Å². The van der Waals surface area contributed by atoms with E-state index in [2.05, 4.69) is 89.3 Å². The number of hydrogen-bond acceptors (Lipinski definition) is 5. The Bertz CT molecular complexity index is 2350. The minimum Gasteiger partial charge on any atom is -0.493 e. The van der Waals surface area contributed by atoms with Crippen LogP contribution in [0.25, 0.3) is 22.5 Å². The zero-order valence-corrected chi connectivity index (χ0v) is 28.0. The first-order valence-corrected chi connectivity index (χ1v) is 17.1. The Hall–Kier alpha value is -4.47. The van der Waals surface area contributed by atoms with Crippen molar-refractivity contribution in [3.05, 3.63) is 166 Å². The van der Waals surface area contributed by atoms with Gasteiger partial charge in [-0.1, -0.05) is 108 Å². The number of methoxy groups -OCH3 is 1. The molecule has 0 unspecified atom stereocenters. The molecule has 6 aromatic rings. The topological polar surface area (TPSA) is 52.8 Å². The van der Waals surface area contributed by atoms with Gasteiger partial charge in [-0.3, -0.25) is 9.36 Å². The second kappa shape index (κ2) is 12.0. The van der Waals surface area contributed by atoms with E-state index in [0.29, 0.717) is 22.6 Å². The van der Waals surface area contributed by atoms with Gasteiger partial charge in [0.25, 0.3) is 5.56 Å². The third kappa shape index (κ3) is 5.08. The third-order valence-corrected chi connectivity index (χ3v) is 10.6. The summed E-state index contributed by atoms with van der Waals surface area (Å²) in [6.07, 6.45) is 3.75. The lowest BCUT2D eigenvalue weighted by Gasteiger charge is -2.30. The van der Waals surface area contributed by atoms with Crippen molar-refractivity contribution in [1.29, 1.82) is 0 Å². The molecule has 2 aliphatic rings. The molecule has 8 rings (SSSR count). The van der Waals surface area contributed by atoms with Crippen molar-refractivity contribution in [2.45, 2.75) is 25.5 Å². The number of halogens is 1. The van der Waals surface area contributed by atoms with Crippen molar-refractivity contribution in [2.75, 3.05) is 7.11 Å². The van der Waals surface area contributed by atoms with Crippen molar-refractivity contribution in [2.24, 2.45) is 4.99 Å². The summed E-state index contributed by atoms with van der Waals surface area (Å²) < 4.78 is 15.6. The minimum atomic E-state index is -0.192. The average molecular weight is 733 g/mol. The molecule has 0 spiro atoms. The van der Waals surface area contributed by atoms with Gasteiger partial charge < -0.3 is 9.47 Å². The Kier molecular flexibility index (Phi) is 7.58. The summed E-state index contributed by atoms with van der Waals surface area (Å²) in [7, 11) is 1.65. The molecule has 0 saturated heterocycles. The van der Waals surface area contributed by atoms with Gasteiger partial charge in [0.1, 0.15) is 6.61 Å². The van der Waals surface area contributed by atoms with Crippen molar-refractivity contribution >= 4 is 56.5 Å². The fraction of sp³-hybridized carbons (Fsp3) is 0.128. The number of nitrogens with zero attached hydrogens (tertiary/aromatic N) is 2. The summed E-state index contributed by atoms with van der Waals surface area (Å²) in [6.45, 7) is 0.416. The summed E-state index contributed by atoms with van der Waals surface area (Å²) in [5, 5.41) is 2.35.